The van der Waals surface area contributed by atoms with E-state index >= 15 is 0 Å². The van der Waals surface area contributed by atoms with Crippen LogP contribution in [0.2, 0.25) is 5.02 Å². The molecule has 0 radical (unpaired) electrons. The summed E-state index contributed by atoms with van der Waals surface area (Å²) in [6.45, 7) is 4.28. The van der Waals surface area contributed by atoms with Crippen LogP contribution >= 0.6 is 23.4 Å². The minimum Gasteiger partial charge on any atom is -0.497 e. The zero-order valence-electron chi connectivity index (χ0n) is 16.0. The highest BCUT2D eigenvalue weighted by Gasteiger charge is 2.31. The zero-order valence-corrected chi connectivity index (χ0v) is 17.6. The average Bonchev–Trinajstić information content (AvgIpc) is 2.84. The van der Waals surface area contributed by atoms with Crippen LogP contribution < -0.4 is 9.47 Å². The fourth-order valence-corrected chi connectivity index (χ4v) is 5.33. The first-order valence-corrected chi connectivity index (χ1v) is 10.4. The van der Waals surface area contributed by atoms with Crippen molar-refractivity contribution in [3.05, 3.63) is 46.5 Å². The lowest BCUT2D eigenvalue weighted by atomic mass is 9.96. The molecule has 2 aromatic carbocycles. The van der Waals surface area contributed by atoms with Crippen molar-refractivity contribution in [3.8, 4) is 11.5 Å². The summed E-state index contributed by atoms with van der Waals surface area (Å²) in [5.74, 6) is 1.76. The number of halogens is 1. The molecule has 2 aliphatic rings. The highest BCUT2D eigenvalue weighted by Crippen LogP contribution is 2.48. The van der Waals surface area contributed by atoms with E-state index in [-0.39, 0.29) is 6.04 Å². The summed E-state index contributed by atoms with van der Waals surface area (Å²) < 4.78 is 11.2. The Morgan fingerprint density at radius 3 is 2.52 bits per heavy atom. The van der Waals surface area contributed by atoms with Gasteiger partial charge in [0.25, 0.3) is 0 Å². The SMILES string of the molecule is COc1ccc2c(c1)CC(N1CCN(C)CC1)c1cc(Cl)cc(OC)c1S2. The second kappa shape index (κ2) is 7.92. The Bertz CT molecular complexity index is 837. The maximum Gasteiger partial charge on any atom is 0.134 e. The molecule has 1 unspecified atom stereocenters. The summed E-state index contributed by atoms with van der Waals surface area (Å²) in [5, 5.41) is 0.730. The van der Waals surface area contributed by atoms with Gasteiger partial charge in [0, 0.05) is 42.1 Å². The molecule has 1 fully saturated rings. The molecular formula is C21H25ClN2O2S. The topological polar surface area (TPSA) is 24.9 Å². The number of piperazine rings is 1. The molecule has 1 atom stereocenters. The van der Waals surface area contributed by atoms with Crippen LogP contribution in [0.4, 0.5) is 0 Å². The van der Waals surface area contributed by atoms with Gasteiger partial charge in [-0.15, -0.1) is 0 Å². The monoisotopic (exact) mass is 404 g/mol. The van der Waals surface area contributed by atoms with E-state index in [9.17, 15) is 0 Å². The third kappa shape index (κ3) is 3.79. The van der Waals surface area contributed by atoms with Gasteiger partial charge in [0.1, 0.15) is 11.5 Å². The average molecular weight is 405 g/mol. The molecular weight excluding hydrogens is 380 g/mol. The molecule has 27 heavy (non-hydrogen) atoms. The van der Waals surface area contributed by atoms with Crippen molar-refractivity contribution in [3.63, 3.8) is 0 Å². The standard InChI is InChI=1S/C21H25ClN2O2S/c1-23-6-8-24(9-7-23)18-11-14-10-16(25-2)4-5-20(14)27-21-17(18)12-15(22)13-19(21)26-3/h4-5,10,12-13,18H,6-9,11H2,1-3H3. The number of ether oxygens (including phenoxy) is 2. The van der Waals surface area contributed by atoms with E-state index in [1.54, 1.807) is 26.0 Å². The first-order valence-electron chi connectivity index (χ1n) is 9.24. The lowest BCUT2D eigenvalue weighted by Gasteiger charge is -2.38. The zero-order chi connectivity index (χ0) is 19.0. The van der Waals surface area contributed by atoms with Crippen molar-refractivity contribution in [1.82, 2.24) is 9.80 Å². The number of rotatable bonds is 3. The van der Waals surface area contributed by atoms with Gasteiger partial charge >= 0.3 is 0 Å². The highest BCUT2D eigenvalue weighted by molar-refractivity contribution is 7.99. The van der Waals surface area contributed by atoms with Gasteiger partial charge in [0.2, 0.25) is 0 Å². The van der Waals surface area contributed by atoms with Crippen molar-refractivity contribution in [2.24, 2.45) is 0 Å². The molecule has 0 aromatic heterocycles. The van der Waals surface area contributed by atoms with E-state index in [1.165, 1.54) is 20.9 Å². The minimum absolute atomic E-state index is 0.280. The summed E-state index contributed by atoms with van der Waals surface area (Å²) in [6, 6.07) is 10.7. The molecule has 0 amide bonds. The van der Waals surface area contributed by atoms with Crippen molar-refractivity contribution >= 4 is 23.4 Å². The van der Waals surface area contributed by atoms with E-state index < -0.39 is 0 Å². The number of hydrogen-bond acceptors (Lipinski definition) is 5. The van der Waals surface area contributed by atoms with Crippen LogP contribution in [0.3, 0.4) is 0 Å². The van der Waals surface area contributed by atoms with E-state index in [1.807, 2.05) is 12.1 Å². The molecule has 4 nitrogen and oxygen atoms in total. The maximum absolute atomic E-state index is 6.46. The second-order valence-corrected chi connectivity index (χ2v) is 8.65. The van der Waals surface area contributed by atoms with Gasteiger partial charge in [-0.05, 0) is 54.9 Å². The third-order valence-electron chi connectivity index (χ3n) is 5.50. The fraction of sp³-hybridized carbons (Fsp3) is 0.429. The van der Waals surface area contributed by atoms with Gasteiger partial charge in [-0.2, -0.15) is 0 Å². The van der Waals surface area contributed by atoms with Gasteiger partial charge in [-0.25, -0.2) is 0 Å². The Morgan fingerprint density at radius 2 is 1.81 bits per heavy atom. The van der Waals surface area contributed by atoms with Crippen LogP contribution in [0, 0.1) is 0 Å². The Labute approximate surface area is 170 Å². The van der Waals surface area contributed by atoms with Gasteiger partial charge in [-0.3, -0.25) is 4.90 Å². The molecule has 0 aliphatic carbocycles. The largest absolute Gasteiger partial charge is 0.497 e. The predicted molar refractivity (Wildman–Crippen MR) is 111 cm³/mol. The summed E-state index contributed by atoms with van der Waals surface area (Å²) in [4.78, 5) is 7.41. The molecule has 1 saturated heterocycles. The Kier molecular flexibility index (Phi) is 5.55. The van der Waals surface area contributed by atoms with E-state index in [4.69, 9.17) is 21.1 Å². The molecule has 144 valence electrons. The predicted octanol–water partition coefficient (Wildman–Crippen LogP) is 4.35. The lowest BCUT2D eigenvalue weighted by Crippen LogP contribution is -2.46. The smallest absolute Gasteiger partial charge is 0.134 e. The van der Waals surface area contributed by atoms with Gasteiger partial charge < -0.3 is 14.4 Å². The summed E-state index contributed by atoms with van der Waals surface area (Å²) in [7, 11) is 5.63. The van der Waals surface area contributed by atoms with Crippen LogP contribution in [-0.4, -0.2) is 57.2 Å². The second-order valence-electron chi connectivity index (χ2n) is 7.16. The molecule has 4 rings (SSSR count). The van der Waals surface area contributed by atoms with Crippen LogP contribution in [0.15, 0.2) is 40.1 Å². The third-order valence-corrected chi connectivity index (χ3v) is 6.98. The first kappa shape index (κ1) is 18.9. The normalized spacial score (nSPS) is 20.5. The number of fused-ring (bicyclic) bond motifs is 2. The Hall–Kier alpha value is -1.40. The van der Waals surface area contributed by atoms with Crippen molar-refractivity contribution in [2.45, 2.75) is 22.3 Å². The van der Waals surface area contributed by atoms with E-state index in [2.05, 4.69) is 35.0 Å². The van der Waals surface area contributed by atoms with Crippen molar-refractivity contribution in [1.29, 1.82) is 0 Å². The molecule has 2 aromatic rings. The van der Waals surface area contributed by atoms with E-state index in [0.29, 0.717) is 0 Å². The lowest BCUT2D eigenvalue weighted by molar-refractivity contribution is 0.109. The molecule has 0 spiro atoms. The molecule has 2 aliphatic heterocycles. The Morgan fingerprint density at radius 1 is 1.04 bits per heavy atom. The Balaban J connectivity index is 1.82. The number of benzene rings is 2. The maximum atomic E-state index is 6.46. The quantitative estimate of drug-likeness (QED) is 0.757. The van der Waals surface area contributed by atoms with Gasteiger partial charge in [-0.1, -0.05) is 23.4 Å². The van der Waals surface area contributed by atoms with E-state index in [0.717, 1.165) is 49.1 Å². The minimum atomic E-state index is 0.280. The van der Waals surface area contributed by atoms with Crippen molar-refractivity contribution < 1.29 is 9.47 Å². The summed E-state index contributed by atoms with van der Waals surface area (Å²) in [6.07, 6.45) is 0.944. The highest BCUT2D eigenvalue weighted by atomic mass is 35.5. The number of likely N-dealkylation sites (N-methyl/N-ethyl adjacent to an activating group) is 1. The molecule has 0 bridgehead atoms. The fourth-order valence-electron chi connectivity index (χ4n) is 3.93. The number of hydrogen-bond donors (Lipinski definition) is 0. The van der Waals surface area contributed by atoms with Gasteiger partial charge in [0.05, 0.1) is 19.1 Å². The van der Waals surface area contributed by atoms with Crippen molar-refractivity contribution in [2.75, 3.05) is 47.4 Å². The first-order chi connectivity index (χ1) is 13.1. The summed E-state index contributed by atoms with van der Waals surface area (Å²) in [5.41, 5.74) is 2.58. The van der Waals surface area contributed by atoms with Crippen LogP contribution in [0.1, 0.15) is 17.2 Å². The van der Waals surface area contributed by atoms with Crippen LogP contribution in [0.5, 0.6) is 11.5 Å². The molecule has 6 heteroatoms. The van der Waals surface area contributed by atoms with Gasteiger partial charge in [0.15, 0.2) is 0 Å². The molecule has 2 heterocycles. The van der Waals surface area contributed by atoms with Crippen LogP contribution in [-0.2, 0) is 6.42 Å². The molecule has 0 saturated carbocycles. The molecule has 0 N–H and O–H groups in total. The van der Waals surface area contributed by atoms with Crippen LogP contribution in [0.25, 0.3) is 0 Å². The summed E-state index contributed by atoms with van der Waals surface area (Å²) >= 11 is 8.24. The number of nitrogens with zero attached hydrogens (tertiary/aromatic N) is 2. The number of methoxy groups -OCH3 is 2.